The van der Waals surface area contributed by atoms with Gasteiger partial charge >= 0.3 is 5.97 Å². The van der Waals surface area contributed by atoms with Crippen molar-refractivity contribution < 1.29 is 14.3 Å². The van der Waals surface area contributed by atoms with Crippen LogP contribution in [-0.4, -0.2) is 28.6 Å². The minimum Gasteiger partial charge on any atom is -0.478 e. The molecule has 1 aromatic heterocycles. The normalized spacial score (nSPS) is 25.2. The van der Waals surface area contributed by atoms with Crippen molar-refractivity contribution in [1.29, 1.82) is 0 Å². The van der Waals surface area contributed by atoms with Gasteiger partial charge in [-0.1, -0.05) is 12.8 Å². The number of likely N-dealkylation sites (tertiary alicyclic amines) is 1. The Bertz CT molecular complexity index is 448. The van der Waals surface area contributed by atoms with Gasteiger partial charge in [0.25, 0.3) is 0 Å². The van der Waals surface area contributed by atoms with Crippen LogP contribution in [-0.2, 0) is 6.54 Å². The first-order valence-corrected chi connectivity index (χ1v) is 7.29. The summed E-state index contributed by atoms with van der Waals surface area (Å²) in [6.45, 7) is 1.72. The van der Waals surface area contributed by atoms with Crippen LogP contribution in [0.3, 0.4) is 0 Å². The molecule has 0 bridgehead atoms. The Labute approximate surface area is 113 Å². The van der Waals surface area contributed by atoms with Crippen molar-refractivity contribution in [3.63, 3.8) is 0 Å². The molecule has 0 radical (unpaired) electrons. The van der Waals surface area contributed by atoms with E-state index in [9.17, 15) is 4.79 Å². The van der Waals surface area contributed by atoms with Crippen LogP contribution in [0, 0.1) is 5.92 Å². The molecule has 2 heterocycles. The molecule has 0 spiro atoms. The van der Waals surface area contributed by atoms with Gasteiger partial charge in [0.2, 0.25) is 0 Å². The molecule has 1 saturated heterocycles. The van der Waals surface area contributed by atoms with Gasteiger partial charge in [0.05, 0.1) is 12.8 Å². The zero-order valence-corrected chi connectivity index (χ0v) is 11.2. The van der Waals surface area contributed by atoms with E-state index in [4.69, 9.17) is 9.52 Å². The van der Waals surface area contributed by atoms with Gasteiger partial charge in [0, 0.05) is 6.04 Å². The minimum atomic E-state index is -0.889. The summed E-state index contributed by atoms with van der Waals surface area (Å²) in [5, 5.41) is 9.13. The van der Waals surface area contributed by atoms with E-state index in [1.807, 2.05) is 0 Å². The van der Waals surface area contributed by atoms with Crippen LogP contribution in [0.5, 0.6) is 0 Å². The number of aromatic carboxylic acids is 1. The molecule has 3 rings (SSSR count). The van der Waals surface area contributed by atoms with Gasteiger partial charge < -0.3 is 9.52 Å². The predicted octanol–water partition coefficient (Wildman–Crippen LogP) is 3.13. The zero-order valence-electron chi connectivity index (χ0n) is 11.2. The Kier molecular flexibility index (Phi) is 3.60. The molecule has 1 N–H and O–H groups in total. The Morgan fingerprint density at radius 1 is 1.32 bits per heavy atom. The second-order valence-electron chi connectivity index (χ2n) is 5.79. The van der Waals surface area contributed by atoms with E-state index >= 15 is 0 Å². The molecule has 104 valence electrons. The van der Waals surface area contributed by atoms with Crippen molar-refractivity contribution in [1.82, 2.24) is 4.90 Å². The largest absolute Gasteiger partial charge is 0.478 e. The molecule has 1 aromatic rings. The average Bonchev–Trinajstić information content (AvgIpc) is 3.09. The van der Waals surface area contributed by atoms with Crippen LogP contribution in [0.4, 0.5) is 0 Å². The third-order valence-corrected chi connectivity index (χ3v) is 4.68. The molecule has 4 nitrogen and oxygen atoms in total. The number of rotatable bonds is 4. The molecule has 1 aliphatic carbocycles. The lowest BCUT2D eigenvalue weighted by molar-refractivity contribution is 0.0691. The maximum atomic E-state index is 11.1. The summed E-state index contributed by atoms with van der Waals surface area (Å²) >= 11 is 0. The number of carboxylic acids is 1. The summed E-state index contributed by atoms with van der Waals surface area (Å²) < 4.78 is 5.38. The summed E-state index contributed by atoms with van der Waals surface area (Å²) in [5.41, 5.74) is 0.317. The quantitative estimate of drug-likeness (QED) is 0.906. The lowest BCUT2D eigenvalue weighted by Gasteiger charge is -2.28. The molecule has 2 fully saturated rings. The highest BCUT2D eigenvalue weighted by atomic mass is 16.4. The lowest BCUT2D eigenvalue weighted by atomic mass is 9.96. The summed E-state index contributed by atoms with van der Waals surface area (Å²) in [6, 6.07) is 2.19. The highest BCUT2D eigenvalue weighted by Gasteiger charge is 2.34. The summed E-state index contributed by atoms with van der Waals surface area (Å²) in [6.07, 6.45) is 9.36. The first-order valence-electron chi connectivity index (χ1n) is 7.29. The Morgan fingerprint density at radius 3 is 2.84 bits per heavy atom. The van der Waals surface area contributed by atoms with E-state index in [1.165, 1.54) is 44.8 Å². The molecule has 2 aliphatic rings. The first kappa shape index (κ1) is 12.7. The van der Waals surface area contributed by atoms with Crippen LogP contribution in [0.1, 0.15) is 54.6 Å². The second-order valence-corrected chi connectivity index (χ2v) is 5.79. The topological polar surface area (TPSA) is 53.7 Å². The van der Waals surface area contributed by atoms with Crippen molar-refractivity contribution in [3.05, 3.63) is 23.7 Å². The van der Waals surface area contributed by atoms with Crippen LogP contribution in [0.25, 0.3) is 0 Å². The molecular weight excluding hydrogens is 242 g/mol. The fourth-order valence-corrected chi connectivity index (χ4v) is 3.76. The fraction of sp³-hybridized carbons (Fsp3) is 0.667. The van der Waals surface area contributed by atoms with E-state index < -0.39 is 5.97 Å². The van der Waals surface area contributed by atoms with E-state index in [2.05, 4.69) is 4.90 Å². The number of carbonyl (C=O) groups is 1. The molecule has 19 heavy (non-hydrogen) atoms. The Hall–Kier alpha value is -1.29. The van der Waals surface area contributed by atoms with Crippen molar-refractivity contribution in [2.24, 2.45) is 5.92 Å². The first-order chi connectivity index (χ1) is 9.25. The minimum absolute atomic E-state index is 0.317. The van der Waals surface area contributed by atoms with Gasteiger partial charge in [-0.15, -0.1) is 0 Å². The lowest BCUT2D eigenvalue weighted by Crippen LogP contribution is -2.34. The van der Waals surface area contributed by atoms with Crippen molar-refractivity contribution in [3.8, 4) is 0 Å². The van der Waals surface area contributed by atoms with Crippen molar-refractivity contribution >= 4 is 5.97 Å². The second kappa shape index (κ2) is 5.37. The van der Waals surface area contributed by atoms with E-state index in [0.29, 0.717) is 23.9 Å². The average molecular weight is 263 g/mol. The molecule has 4 heteroatoms. The summed E-state index contributed by atoms with van der Waals surface area (Å²) in [5.74, 6) is 0.531. The monoisotopic (exact) mass is 263 g/mol. The molecular formula is C15H21NO3. The standard InChI is InChI=1S/C15H21NO3/c17-15(18)12-7-9-19-14(12)10-16-8-3-6-13(16)11-4-1-2-5-11/h7,9,11,13H,1-6,8,10H2,(H,17,18). The molecule has 1 aliphatic heterocycles. The van der Waals surface area contributed by atoms with E-state index in [0.717, 1.165) is 12.5 Å². The van der Waals surface area contributed by atoms with Crippen LogP contribution >= 0.6 is 0 Å². The highest BCUT2D eigenvalue weighted by Crippen LogP contribution is 2.36. The van der Waals surface area contributed by atoms with Gasteiger partial charge in [0.1, 0.15) is 11.3 Å². The molecule has 1 atom stereocenters. The maximum absolute atomic E-state index is 11.1. The van der Waals surface area contributed by atoms with Gasteiger partial charge in [-0.05, 0) is 44.2 Å². The third kappa shape index (κ3) is 2.54. The van der Waals surface area contributed by atoms with Crippen LogP contribution < -0.4 is 0 Å². The van der Waals surface area contributed by atoms with E-state index in [1.54, 1.807) is 6.07 Å². The maximum Gasteiger partial charge on any atom is 0.339 e. The smallest absolute Gasteiger partial charge is 0.339 e. The number of nitrogens with zero attached hydrogens (tertiary/aromatic N) is 1. The predicted molar refractivity (Wildman–Crippen MR) is 71.1 cm³/mol. The van der Waals surface area contributed by atoms with Crippen molar-refractivity contribution in [2.45, 2.75) is 51.1 Å². The van der Waals surface area contributed by atoms with Crippen LogP contribution in [0.2, 0.25) is 0 Å². The number of carboxylic acid groups (broad SMARTS) is 1. The van der Waals surface area contributed by atoms with Gasteiger partial charge in [-0.25, -0.2) is 4.79 Å². The zero-order chi connectivity index (χ0) is 13.2. The van der Waals surface area contributed by atoms with Gasteiger partial charge in [0.15, 0.2) is 0 Å². The number of furan rings is 1. The molecule has 0 aromatic carbocycles. The number of hydrogen-bond donors (Lipinski definition) is 1. The summed E-state index contributed by atoms with van der Waals surface area (Å²) in [7, 11) is 0. The molecule has 1 unspecified atom stereocenters. The fourth-order valence-electron chi connectivity index (χ4n) is 3.76. The van der Waals surface area contributed by atoms with E-state index in [-0.39, 0.29) is 0 Å². The highest BCUT2D eigenvalue weighted by molar-refractivity contribution is 5.88. The SMILES string of the molecule is O=C(O)c1ccoc1CN1CCCC1C1CCCC1. The number of hydrogen-bond acceptors (Lipinski definition) is 3. The third-order valence-electron chi connectivity index (χ3n) is 4.68. The molecule has 0 amide bonds. The Balaban J connectivity index is 1.71. The van der Waals surface area contributed by atoms with Gasteiger partial charge in [-0.2, -0.15) is 0 Å². The summed E-state index contributed by atoms with van der Waals surface area (Å²) in [4.78, 5) is 13.5. The van der Waals surface area contributed by atoms with Gasteiger partial charge in [-0.3, -0.25) is 4.90 Å². The Morgan fingerprint density at radius 2 is 2.11 bits per heavy atom. The van der Waals surface area contributed by atoms with Crippen LogP contribution in [0.15, 0.2) is 16.7 Å². The van der Waals surface area contributed by atoms with Crippen molar-refractivity contribution in [2.75, 3.05) is 6.54 Å². The molecule has 1 saturated carbocycles.